The zero-order valence-electron chi connectivity index (χ0n) is 64.0. The highest BCUT2D eigenvalue weighted by molar-refractivity contribution is 5.60. The largest absolute Gasteiger partial charge is 0.361 e. The van der Waals surface area contributed by atoms with Gasteiger partial charge in [-0.3, -0.25) is 121 Å². The Bertz CT molecular complexity index is 3560. The number of benzene rings is 2. The molecule has 0 unspecified atom stereocenters. The van der Waals surface area contributed by atoms with Crippen molar-refractivity contribution in [2.45, 2.75) is 125 Å². The molecule has 0 aliphatic carbocycles. The monoisotopic (exact) mass is 1730 g/mol. The van der Waals surface area contributed by atoms with E-state index in [2.05, 4.69) is 0 Å². The van der Waals surface area contributed by atoms with E-state index in [4.69, 9.17) is 47.8 Å². The molecule has 3 aliphatic rings. The first-order valence-electron chi connectivity index (χ1n) is 32.4. The summed E-state index contributed by atoms with van der Waals surface area (Å²) in [6.07, 6.45) is 1.06. The lowest BCUT2D eigenvalue weighted by Gasteiger charge is -2.28. The third-order valence-electron chi connectivity index (χ3n) is 14.3. The number of nitro benzene ring substituents is 5. The van der Waals surface area contributed by atoms with Crippen molar-refractivity contribution < 1.29 is 142 Å². The summed E-state index contributed by atoms with van der Waals surface area (Å²) in [5.41, 5.74) is -3.38. The molecular formula is C47H82N27O44+3. The normalized spacial score (nSPS) is 14.6. The summed E-state index contributed by atoms with van der Waals surface area (Å²) in [6, 6.07) is 4.94. The molecule has 0 saturated carbocycles. The van der Waals surface area contributed by atoms with Crippen molar-refractivity contribution in [3.05, 3.63) is 218 Å². The van der Waals surface area contributed by atoms with Gasteiger partial charge >= 0.3 is 15.1 Å². The lowest BCUT2D eigenvalue weighted by Crippen LogP contribution is -2.59. The molecule has 2 aromatic carbocycles. The summed E-state index contributed by atoms with van der Waals surface area (Å²) < 4.78 is 11.2. The number of hydrogen-bond acceptors (Lipinski definition) is 42. The van der Waals surface area contributed by atoms with E-state index in [9.17, 15) is 177 Å². The smallest absolute Gasteiger partial charge is 0.344 e. The fourth-order valence-corrected chi connectivity index (χ4v) is 8.44. The van der Waals surface area contributed by atoms with E-state index in [0.717, 1.165) is 6.07 Å². The highest BCUT2D eigenvalue weighted by atomic mass is 17.4. The predicted molar refractivity (Wildman–Crippen MR) is 369 cm³/mol. The third kappa shape index (κ3) is 45.2. The fourth-order valence-electron chi connectivity index (χ4n) is 8.44. The summed E-state index contributed by atoms with van der Waals surface area (Å²) >= 11 is 0. The first-order chi connectivity index (χ1) is 54.6. The topological polar surface area (TPSA) is 924 Å². The zero-order valence-corrected chi connectivity index (χ0v) is 62.0. The quantitative estimate of drug-likeness (QED) is 0.0451. The van der Waals surface area contributed by atoms with E-state index < -0.39 is 207 Å². The van der Waals surface area contributed by atoms with Gasteiger partial charge in [0.25, 0.3) is 28.4 Å². The molecule has 0 radical (unpaired) electrons. The van der Waals surface area contributed by atoms with Crippen LogP contribution in [0.5, 0.6) is 0 Å². The lowest BCUT2D eigenvalue weighted by molar-refractivity contribution is -0.948. The fraction of sp³-hybridized carbons (Fsp3) is 0.745. The maximum absolute atomic E-state index is 10.8. The number of hydrazine groups is 7. The minimum Gasteiger partial charge on any atom is -0.344 e. The molecule has 3 aliphatic heterocycles. The van der Waals surface area contributed by atoms with Gasteiger partial charge in [0.1, 0.15) is 23.1 Å². The van der Waals surface area contributed by atoms with Crippen LogP contribution in [0.2, 0.25) is 2.82 Å². The van der Waals surface area contributed by atoms with Gasteiger partial charge < -0.3 is 6.14 Å². The van der Waals surface area contributed by atoms with E-state index in [1.165, 1.54) is 32.1 Å². The molecule has 2 aromatic rings. The van der Waals surface area contributed by atoms with Gasteiger partial charge in [-0.2, -0.15) is 29.3 Å². The molecular weight excluding hydrogens is 1650 g/mol. The Morgan fingerprint density at radius 2 is 0.576 bits per heavy atom. The number of hydrogen-bond donors (Lipinski definition) is 4. The first kappa shape index (κ1) is 105. The van der Waals surface area contributed by atoms with Crippen LogP contribution in [0.25, 0.3) is 0 Å². The summed E-state index contributed by atoms with van der Waals surface area (Å²) in [7, 11) is 0. The molecule has 6 N–H and O–H groups in total. The van der Waals surface area contributed by atoms with Crippen LogP contribution in [0.1, 0.15) is 105 Å². The Kier molecular flexibility index (Phi) is 45.7. The van der Waals surface area contributed by atoms with E-state index in [1.807, 2.05) is 0 Å². The van der Waals surface area contributed by atoms with Crippen LogP contribution in [-0.4, -0.2) is 255 Å². The van der Waals surface area contributed by atoms with Crippen LogP contribution < -0.4 is 6.14 Å². The second kappa shape index (κ2) is 51.2. The van der Waals surface area contributed by atoms with Gasteiger partial charge in [-0.05, 0) is 87.8 Å². The standard InChI is InChI=1S/C9H16N4O8.C9H18O6.C7H5N3O6.C7H13N3O6.C7H6N2O4.C4H10N8O8.C3H7N6O6.CH4.H3N/c14-10(15)5-1-9(2-6-11(16)17,3-7-12(18)19)4-8-13(20)21;1-7(2)10-12-8(3,4)14-15-9(5,6)13-11-7;1-4-6(9(13)14)2-5(8(11)12)3-7(4)10(15)16;11-8(12)4-1-7(2-5-9(13)14)3-6-10(15)16;1-5-2-3-6(8(10)11)4-7(5)9(12)13;13-9(14)5-1-6(10(15)16)3-8(12(19)20)4-7(2-5)11(17)18;10-7(11)4-1-5(8(12)13)3-6(2-4)9(14)15;;/h1-8H2;1-6H3;2-3H,1H3;7H,1-6H2;2-4H,1H3;1-4H2,(H,13,14)(H,15,16);1-3H2,(H,10,11);1H4;1H3/q;;;;;+2;+1;;/i/hT2. The molecule has 3 heterocycles. The average Bonchev–Trinajstić information content (AvgIpc) is 0.956. The zero-order chi connectivity index (χ0) is 93.0. The lowest BCUT2D eigenvalue weighted by atomic mass is 9.75. The molecule has 3 saturated heterocycles. The number of nitrogens with zero attached hydrogens (tertiary/aromatic N) is 26. The second-order valence-corrected chi connectivity index (χ2v) is 24.4. The number of rotatable bonds is 33. The summed E-state index contributed by atoms with van der Waals surface area (Å²) in [5.74, 6) is -3.48. The van der Waals surface area contributed by atoms with Crippen LogP contribution >= 0.6 is 0 Å². The third-order valence-corrected chi connectivity index (χ3v) is 14.3. The van der Waals surface area contributed by atoms with Gasteiger partial charge in [-0.1, -0.05) is 27.5 Å². The highest BCUT2D eigenvalue weighted by Crippen LogP contribution is 2.36. The van der Waals surface area contributed by atoms with Gasteiger partial charge in [0, 0.05) is 91.0 Å². The molecule has 3 fully saturated rings. The van der Waals surface area contributed by atoms with Gasteiger partial charge in [-0.25, -0.2) is 56.1 Å². The molecule has 666 valence electrons. The molecule has 0 spiro atoms. The van der Waals surface area contributed by atoms with Crippen LogP contribution in [0, 0.1) is 202 Å². The summed E-state index contributed by atoms with van der Waals surface area (Å²) in [5, 5.41) is 189. The van der Waals surface area contributed by atoms with Crippen molar-refractivity contribution in [3.63, 3.8) is 0 Å². The Balaban J connectivity index is -0.000000652. The SMILES string of the molecule is C.CC1(C)OOC(C)(C)OOC(C)(C)OO1.Cc1c([N+](=O)[O-])cc([N+](=O)[O-])cc1[N+](=O)[O-].Cc1ccc([N+](=O)[O-])cc1[N+](=O)[O-].O=[N+]([O-])CCC(CC[N+](=O)[O-])(CC[N+](=O)[O-])CC[N+](=O)[O-].O=[N+]([O-])CCC(CC[N+](=O)[O-])CC[N+](=O)[O-].O=[N+]([O-])N1CN([N+](=O)[O-])CN([N+](=O)O)C1.O=[N+]([O-])N1CN([N+](=O)[O-])CN([N+](=O)O)CN([N+](=O)O)C1.[3H]N[3H]. The number of aryl methyl sites for hydroxylation is 1. The van der Waals surface area contributed by atoms with Gasteiger partial charge in [-0.15, -0.1) is 0 Å². The van der Waals surface area contributed by atoms with Crippen LogP contribution in [0.4, 0.5) is 28.4 Å². The molecule has 0 aromatic heterocycles. The predicted octanol–water partition coefficient (Wildman–Crippen LogP) is 3.46. The number of nitro groups is 16. The van der Waals surface area contributed by atoms with Crippen molar-refractivity contribution in [2.24, 2.45) is 11.3 Å². The molecule has 0 amide bonds. The van der Waals surface area contributed by atoms with Crippen LogP contribution in [-0.2, 0) is 29.3 Å². The van der Waals surface area contributed by atoms with Crippen LogP contribution in [0.15, 0.2) is 30.3 Å². The van der Waals surface area contributed by atoms with E-state index in [1.54, 1.807) is 41.5 Å². The Hall–Kier alpha value is -14.6. The Labute approximate surface area is 657 Å². The van der Waals surface area contributed by atoms with Crippen LogP contribution in [0.3, 0.4) is 0 Å². The Morgan fingerprint density at radius 3 is 0.771 bits per heavy atom. The molecule has 0 atom stereocenters. The molecule has 0 bridgehead atoms. The van der Waals surface area contributed by atoms with E-state index >= 15 is 0 Å². The minimum absolute atomic E-state index is 0. The van der Waals surface area contributed by atoms with Crippen molar-refractivity contribution in [3.8, 4) is 0 Å². The molecule has 71 nitrogen and oxygen atoms in total. The maximum Gasteiger partial charge on any atom is 0.361 e. The van der Waals surface area contributed by atoms with Crippen molar-refractivity contribution in [1.29, 1.82) is 0 Å². The second-order valence-electron chi connectivity index (χ2n) is 24.4. The molecule has 71 heteroatoms. The average molecular weight is 1730 g/mol. The summed E-state index contributed by atoms with van der Waals surface area (Å²) in [6.45, 7) is 4.44. The number of non-ortho nitro benzene ring substituents is 2. The molecule has 5 rings (SSSR count). The van der Waals surface area contributed by atoms with Gasteiger partial charge in [0.05, 0.1) is 42.8 Å². The van der Waals surface area contributed by atoms with Gasteiger partial charge in [0.2, 0.25) is 110 Å². The first-order valence-corrected chi connectivity index (χ1v) is 31.4. The van der Waals surface area contributed by atoms with Gasteiger partial charge in [0.15, 0.2) is 20.1 Å². The maximum atomic E-state index is 10.8. The van der Waals surface area contributed by atoms with E-state index in [0.29, 0.717) is 42.7 Å². The molecule has 118 heavy (non-hydrogen) atoms. The highest BCUT2D eigenvalue weighted by Gasteiger charge is 2.45. The van der Waals surface area contributed by atoms with Crippen molar-refractivity contribution in [1.82, 2.24) is 41.2 Å². The van der Waals surface area contributed by atoms with Crippen molar-refractivity contribution >= 4 is 28.4 Å². The van der Waals surface area contributed by atoms with Crippen molar-refractivity contribution in [2.75, 3.05) is 92.5 Å². The summed E-state index contributed by atoms with van der Waals surface area (Å²) in [4.78, 5) is 220. The minimum atomic E-state index is -1.14. The van der Waals surface area contributed by atoms with E-state index in [-0.39, 0.29) is 105 Å². The Morgan fingerprint density at radius 1 is 0.364 bits per heavy atom.